The van der Waals surface area contributed by atoms with Crippen molar-refractivity contribution in [1.29, 1.82) is 0 Å². The summed E-state index contributed by atoms with van der Waals surface area (Å²) < 4.78 is 33.7. The molecule has 2 aromatic rings. The predicted molar refractivity (Wildman–Crippen MR) is 126 cm³/mol. The van der Waals surface area contributed by atoms with Gasteiger partial charge in [0.15, 0.2) is 0 Å². The van der Waals surface area contributed by atoms with Gasteiger partial charge in [-0.2, -0.15) is 0 Å². The molecular formula is C21H27ClN4O3S2. The number of sulfonamides is 1. The third kappa shape index (κ3) is 6.92. The van der Waals surface area contributed by atoms with Crippen LogP contribution in [0.2, 0.25) is 0 Å². The molecule has 0 aliphatic carbocycles. The van der Waals surface area contributed by atoms with E-state index >= 15 is 0 Å². The van der Waals surface area contributed by atoms with Crippen molar-refractivity contribution < 1.29 is 13.2 Å². The summed E-state index contributed by atoms with van der Waals surface area (Å²) in [7, 11) is -3.54. The largest absolute Gasteiger partial charge is 0.492 e. The van der Waals surface area contributed by atoms with E-state index in [1.54, 1.807) is 18.3 Å². The first-order valence-corrected chi connectivity index (χ1v) is 13.0. The summed E-state index contributed by atoms with van der Waals surface area (Å²) >= 11 is 7.07. The zero-order chi connectivity index (χ0) is 22.3. The van der Waals surface area contributed by atoms with Crippen LogP contribution < -0.4 is 9.46 Å². The number of hydrogen-bond acceptors (Lipinski definition) is 7. The van der Waals surface area contributed by atoms with E-state index in [2.05, 4.69) is 33.4 Å². The predicted octanol–water partition coefficient (Wildman–Crippen LogP) is 3.83. The van der Waals surface area contributed by atoms with E-state index in [0.717, 1.165) is 31.4 Å². The number of allylic oxidation sites excluding steroid dienone is 1. The Morgan fingerprint density at radius 2 is 2.06 bits per heavy atom. The van der Waals surface area contributed by atoms with Gasteiger partial charge in [0.1, 0.15) is 16.9 Å². The number of halogens is 1. The lowest BCUT2D eigenvalue weighted by Gasteiger charge is -2.18. The minimum Gasteiger partial charge on any atom is -0.492 e. The normalized spacial score (nSPS) is 16.5. The number of ether oxygens (including phenoxy) is 1. The molecule has 3 rings (SSSR count). The molecule has 0 saturated heterocycles. The number of nitrogens with zero attached hydrogens (tertiary/aromatic N) is 3. The monoisotopic (exact) mass is 482 g/mol. The van der Waals surface area contributed by atoms with Gasteiger partial charge in [-0.25, -0.2) is 18.1 Å². The van der Waals surface area contributed by atoms with Crippen LogP contribution in [0.25, 0.3) is 11.4 Å². The zero-order valence-electron chi connectivity index (χ0n) is 17.6. The molecule has 3 heterocycles. The fourth-order valence-electron chi connectivity index (χ4n) is 3.08. The summed E-state index contributed by atoms with van der Waals surface area (Å²) in [6.07, 6.45) is 3.80. The Hall–Kier alpha value is -1.65. The van der Waals surface area contributed by atoms with E-state index in [9.17, 15) is 8.42 Å². The molecule has 31 heavy (non-hydrogen) atoms. The minimum atomic E-state index is -3.54. The van der Waals surface area contributed by atoms with Crippen LogP contribution in [0.1, 0.15) is 26.0 Å². The second-order valence-electron chi connectivity index (χ2n) is 6.93. The molecule has 0 bridgehead atoms. The summed E-state index contributed by atoms with van der Waals surface area (Å²) in [4.78, 5) is 11.2. The molecule has 1 unspecified atom stereocenters. The highest BCUT2D eigenvalue weighted by Gasteiger charge is 2.29. The summed E-state index contributed by atoms with van der Waals surface area (Å²) in [5.74, 6) is 0.636. The highest BCUT2D eigenvalue weighted by Crippen LogP contribution is 2.37. The van der Waals surface area contributed by atoms with Gasteiger partial charge in [0.2, 0.25) is 10.0 Å². The SMILES string of the molecule is CCN(CC)CCOc1cc(CNS(=O)(=O)C2CC=C(Cl)S2)nc(-c2ccccn2)c1. The third-order valence-corrected chi connectivity index (χ3v) is 8.61. The van der Waals surface area contributed by atoms with E-state index in [-0.39, 0.29) is 6.54 Å². The number of hydrogen-bond donors (Lipinski definition) is 1. The molecule has 0 amide bonds. The third-order valence-electron chi connectivity index (χ3n) is 4.87. The lowest BCUT2D eigenvalue weighted by molar-refractivity contribution is 0.222. The van der Waals surface area contributed by atoms with Gasteiger partial charge in [0.25, 0.3) is 0 Å². The Morgan fingerprint density at radius 3 is 2.71 bits per heavy atom. The van der Waals surface area contributed by atoms with Crippen molar-refractivity contribution in [2.75, 3.05) is 26.2 Å². The molecule has 0 radical (unpaired) electrons. The van der Waals surface area contributed by atoms with Crippen LogP contribution in [-0.4, -0.2) is 54.1 Å². The maximum Gasteiger partial charge on any atom is 0.224 e. The van der Waals surface area contributed by atoms with Crippen molar-refractivity contribution >= 4 is 33.4 Å². The van der Waals surface area contributed by atoms with Crippen LogP contribution in [0.4, 0.5) is 0 Å². The van der Waals surface area contributed by atoms with Crippen LogP contribution in [0.15, 0.2) is 47.0 Å². The van der Waals surface area contributed by atoms with Crippen LogP contribution in [0.5, 0.6) is 5.75 Å². The van der Waals surface area contributed by atoms with Crippen molar-refractivity contribution in [3.8, 4) is 17.1 Å². The Morgan fingerprint density at radius 1 is 1.26 bits per heavy atom. The second-order valence-corrected chi connectivity index (χ2v) is 11.0. The van der Waals surface area contributed by atoms with Gasteiger partial charge in [0, 0.05) is 24.9 Å². The van der Waals surface area contributed by atoms with E-state index < -0.39 is 14.6 Å². The quantitative estimate of drug-likeness (QED) is 0.521. The average molecular weight is 483 g/mol. The van der Waals surface area contributed by atoms with Crippen LogP contribution in [-0.2, 0) is 16.6 Å². The topological polar surface area (TPSA) is 84.4 Å². The maximum atomic E-state index is 12.6. The molecule has 0 saturated carbocycles. The van der Waals surface area contributed by atoms with Crippen LogP contribution in [0, 0.1) is 0 Å². The van der Waals surface area contributed by atoms with Gasteiger partial charge in [-0.3, -0.25) is 4.98 Å². The van der Waals surface area contributed by atoms with Gasteiger partial charge in [-0.05, 0) is 31.6 Å². The summed E-state index contributed by atoms with van der Waals surface area (Å²) in [5, 5.41) is 0. The molecule has 1 N–H and O–H groups in total. The minimum absolute atomic E-state index is 0.0596. The van der Waals surface area contributed by atoms with Gasteiger partial charge >= 0.3 is 0 Å². The lowest BCUT2D eigenvalue weighted by Crippen LogP contribution is -2.31. The van der Waals surface area contributed by atoms with E-state index in [1.165, 1.54) is 0 Å². The second kappa shape index (κ2) is 11.3. The molecule has 0 fully saturated rings. The Bertz CT molecular complexity index is 999. The number of likely N-dealkylation sites (N-methyl/N-ethyl adjacent to an activating group) is 1. The number of pyridine rings is 2. The van der Waals surface area contributed by atoms with Crippen molar-refractivity contribution in [2.24, 2.45) is 0 Å². The molecule has 1 atom stereocenters. The van der Waals surface area contributed by atoms with Gasteiger partial charge in [0.05, 0.1) is 28.0 Å². The maximum absolute atomic E-state index is 12.6. The van der Waals surface area contributed by atoms with Crippen molar-refractivity contribution in [3.05, 3.63) is 52.7 Å². The van der Waals surface area contributed by atoms with Crippen molar-refractivity contribution in [2.45, 2.75) is 31.4 Å². The summed E-state index contributed by atoms with van der Waals surface area (Å²) in [6.45, 7) is 7.55. The van der Waals surface area contributed by atoms with E-state index in [1.807, 2.05) is 24.3 Å². The molecule has 1 aliphatic heterocycles. The van der Waals surface area contributed by atoms with Gasteiger partial charge < -0.3 is 9.64 Å². The van der Waals surface area contributed by atoms with E-state index in [4.69, 9.17) is 16.3 Å². The highest BCUT2D eigenvalue weighted by molar-refractivity contribution is 8.16. The lowest BCUT2D eigenvalue weighted by atomic mass is 10.2. The number of aromatic nitrogens is 2. The standard InChI is InChI=1S/C21H27ClN4O3S2/c1-3-26(4-2)11-12-29-17-13-16(25-19(14-17)18-7-5-6-10-23-18)15-24-31(27,28)21-9-8-20(22)30-21/h5-8,10,13-14,21,24H,3-4,9,11-12,15H2,1-2H3. The molecule has 0 spiro atoms. The zero-order valence-corrected chi connectivity index (χ0v) is 20.0. The fraction of sp³-hybridized carbons (Fsp3) is 0.429. The van der Waals surface area contributed by atoms with Crippen LogP contribution in [0.3, 0.4) is 0 Å². The van der Waals surface area contributed by atoms with Gasteiger partial charge in [-0.1, -0.05) is 49.4 Å². The summed E-state index contributed by atoms with van der Waals surface area (Å²) in [6, 6.07) is 9.18. The van der Waals surface area contributed by atoms with Crippen molar-refractivity contribution in [3.63, 3.8) is 0 Å². The molecule has 2 aromatic heterocycles. The van der Waals surface area contributed by atoms with Crippen molar-refractivity contribution in [1.82, 2.24) is 19.6 Å². The Labute approximate surface area is 193 Å². The van der Waals surface area contributed by atoms with E-state index in [0.29, 0.717) is 40.2 Å². The molecule has 7 nitrogen and oxygen atoms in total. The first-order valence-electron chi connectivity index (χ1n) is 10.2. The Balaban J connectivity index is 1.75. The van der Waals surface area contributed by atoms with Gasteiger partial charge in [-0.15, -0.1) is 0 Å². The average Bonchev–Trinajstić information content (AvgIpc) is 3.23. The molecule has 1 aliphatic rings. The number of thioether (sulfide) groups is 1. The summed E-state index contributed by atoms with van der Waals surface area (Å²) in [5.41, 5.74) is 1.89. The molecular weight excluding hydrogens is 456 g/mol. The molecule has 10 heteroatoms. The number of nitrogens with one attached hydrogen (secondary N) is 1. The fourth-order valence-corrected chi connectivity index (χ4v) is 6.19. The Kier molecular flexibility index (Phi) is 8.74. The molecule has 168 valence electrons. The first-order chi connectivity index (χ1) is 14.9. The highest BCUT2D eigenvalue weighted by atomic mass is 35.5. The smallest absolute Gasteiger partial charge is 0.224 e. The molecule has 0 aromatic carbocycles. The van der Waals surface area contributed by atoms with Crippen LogP contribution >= 0.6 is 23.4 Å². The number of rotatable bonds is 11. The first kappa shape index (κ1) is 24.0.